The van der Waals surface area contributed by atoms with Crippen molar-refractivity contribution in [3.8, 4) is 11.5 Å². The van der Waals surface area contributed by atoms with E-state index in [1.54, 1.807) is 13.0 Å². The smallest absolute Gasteiger partial charge is 0.236 e. The molecule has 0 fully saturated rings. The molecule has 0 spiro atoms. The van der Waals surface area contributed by atoms with E-state index in [9.17, 15) is 8.42 Å². The van der Waals surface area contributed by atoms with Crippen LogP contribution in [0.4, 0.5) is 0 Å². The maximum Gasteiger partial charge on any atom is 0.236 e. The van der Waals surface area contributed by atoms with Gasteiger partial charge in [0.25, 0.3) is 0 Å². The Bertz CT molecular complexity index is 526. The molecule has 0 radical (unpaired) electrons. The molecule has 0 atom stereocenters. The van der Waals surface area contributed by atoms with Crippen molar-refractivity contribution >= 4 is 31.3 Å². The van der Waals surface area contributed by atoms with Crippen LogP contribution in [0, 0.1) is 6.92 Å². The van der Waals surface area contributed by atoms with Crippen molar-refractivity contribution in [3.05, 3.63) is 22.2 Å². The molecule has 96 valence electrons. The van der Waals surface area contributed by atoms with E-state index < -0.39 is 9.05 Å². The lowest BCUT2D eigenvalue weighted by atomic mass is 10.1. The number of hydrogen-bond donors (Lipinski definition) is 0. The van der Waals surface area contributed by atoms with Crippen molar-refractivity contribution in [2.75, 3.05) is 14.2 Å². The summed E-state index contributed by atoms with van der Waals surface area (Å²) < 4.78 is 32.5. The molecule has 1 aromatic carbocycles. The normalized spacial score (nSPS) is 11.4. The number of ether oxygens (including phenoxy) is 2. The predicted molar refractivity (Wildman–Crippen MR) is 67.8 cm³/mol. The standard InChI is InChI=1S/C10H12Cl2O4S/c1-6-7(5-17(12,13)14)10(16-3)9(15-2)4-8(6)11/h4H,5H2,1-3H3. The maximum absolute atomic E-state index is 11.2. The van der Waals surface area contributed by atoms with Gasteiger partial charge in [-0.25, -0.2) is 8.42 Å². The number of rotatable bonds is 4. The fourth-order valence-corrected chi connectivity index (χ4v) is 2.71. The molecular formula is C10H12Cl2O4S. The van der Waals surface area contributed by atoms with Crippen molar-refractivity contribution in [3.63, 3.8) is 0 Å². The van der Waals surface area contributed by atoms with Gasteiger partial charge in [0, 0.05) is 27.3 Å². The van der Waals surface area contributed by atoms with Crippen molar-refractivity contribution in [2.24, 2.45) is 0 Å². The van der Waals surface area contributed by atoms with Gasteiger partial charge < -0.3 is 9.47 Å². The van der Waals surface area contributed by atoms with E-state index in [1.165, 1.54) is 14.2 Å². The minimum atomic E-state index is -3.70. The zero-order valence-electron chi connectivity index (χ0n) is 9.58. The minimum absolute atomic E-state index is 0.332. The average molecular weight is 299 g/mol. The van der Waals surface area contributed by atoms with E-state index in [4.69, 9.17) is 31.8 Å². The molecule has 4 nitrogen and oxygen atoms in total. The fraction of sp³-hybridized carbons (Fsp3) is 0.400. The highest BCUT2D eigenvalue weighted by atomic mass is 35.7. The lowest BCUT2D eigenvalue weighted by molar-refractivity contribution is 0.352. The van der Waals surface area contributed by atoms with Gasteiger partial charge in [0.15, 0.2) is 11.5 Å². The third kappa shape index (κ3) is 3.40. The molecule has 0 bridgehead atoms. The molecule has 0 heterocycles. The SMILES string of the molecule is COc1cc(Cl)c(C)c(CS(=O)(=O)Cl)c1OC. The first-order chi connectivity index (χ1) is 7.80. The molecule has 7 heteroatoms. The van der Waals surface area contributed by atoms with Gasteiger partial charge in [-0.15, -0.1) is 0 Å². The molecule has 0 unspecified atom stereocenters. The van der Waals surface area contributed by atoms with E-state index in [-0.39, 0.29) is 5.75 Å². The highest BCUT2D eigenvalue weighted by Gasteiger charge is 2.20. The summed E-state index contributed by atoms with van der Waals surface area (Å²) in [6.45, 7) is 1.70. The molecule has 0 aromatic heterocycles. The second kappa shape index (κ2) is 5.33. The summed E-state index contributed by atoms with van der Waals surface area (Å²) in [7, 11) is 4.43. The van der Waals surface area contributed by atoms with Crippen LogP contribution in [0.5, 0.6) is 11.5 Å². The van der Waals surface area contributed by atoms with Gasteiger partial charge in [-0.1, -0.05) is 11.6 Å². The summed E-state index contributed by atoms with van der Waals surface area (Å²) >= 11 is 5.98. The summed E-state index contributed by atoms with van der Waals surface area (Å²) in [5.74, 6) is 0.345. The van der Waals surface area contributed by atoms with Crippen molar-refractivity contribution in [1.29, 1.82) is 0 Å². The van der Waals surface area contributed by atoms with Gasteiger partial charge in [0.05, 0.1) is 20.0 Å². The van der Waals surface area contributed by atoms with Crippen molar-refractivity contribution in [1.82, 2.24) is 0 Å². The summed E-state index contributed by atoms with van der Waals surface area (Å²) in [5.41, 5.74) is 1.01. The van der Waals surface area contributed by atoms with Gasteiger partial charge in [-0.2, -0.15) is 0 Å². The van der Waals surface area contributed by atoms with Crippen molar-refractivity contribution in [2.45, 2.75) is 12.7 Å². The van der Waals surface area contributed by atoms with Crippen LogP contribution in [0.25, 0.3) is 0 Å². The third-order valence-corrected chi connectivity index (χ3v) is 3.66. The van der Waals surface area contributed by atoms with Crippen LogP contribution >= 0.6 is 22.3 Å². The molecule has 0 amide bonds. The van der Waals surface area contributed by atoms with Crippen LogP contribution in [0.2, 0.25) is 5.02 Å². The van der Waals surface area contributed by atoms with E-state index in [0.717, 1.165) is 0 Å². The molecule has 0 N–H and O–H groups in total. The monoisotopic (exact) mass is 298 g/mol. The molecule has 0 saturated carbocycles. The summed E-state index contributed by atoms with van der Waals surface area (Å²) in [5, 5.41) is 0.401. The van der Waals surface area contributed by atoms with E-state index in [2.05, 4.69) is 0 Å². The Morgan fingerprint density at radius 3 is 2.29 bits per heavy atom. The molecule has 0 aliphatic carbocycles. The Labute approximate surface area is 110 Å². The molecular weight excluding hydrogens is 287 g/mol. The van der Waals surface area contributed by atoms with Crippen LogP contribution in [0.15, 0.2) is 6.07 Å². The Morgan fingerprint density at radius 1 is 1.29 bits per heavy atom. The van der Waals surface area contributed by atoms with Gasteiger partial charge in [-0.3, -0.25) is 0 Å². The summed E-state index contributed by atoms with van der Waals surface area (Å²) in [6.07, 6.45) is 0. The molecule has 17 heavy (non-hydrogen) atoms. The van der Waals surface area contributed by atoms with Gasteiger partial charge in [-0.05, 0) is 12.5 Å². The average Bonchev–Trinajstić information content (AvgIpc) is 2.22. The van der Waals surface area contributed by atoms with Gasteiger partial charge >= 0.3 is 0 Å². The molecule has 0 aliphatic rings. The van der Waals surface area contributed by atoms with Crippen molar-refractivity contribution < 1.29 is 17.9 Å². The molecule has 1 aromatic rings. The minimum Gasteiger partial charge on any atom is -0.493 e. The largest absolute Gasteiger partial charge is 0.493 e. The zero-order valence-corrected chi connectivity index (χ0v) is 11.9. The number of hydrogen-bond acceptors (Lipinski definition) is 4. The number of halogens is 2. The second-order valence-corrected chi connectivity index (χ2v) is 6.56. The highest BCUT2D eigenvalue weighted by Crippen LogP contribution is 2.38. The van der Waals surface area contributed by atoms with Crippen LogP contribution in [0.1, 0.15) is 11.1 Å². The van der Waals surface area contributed by atoms with E-state index in [0.29, 0.717) is 27.6 Å². The lowest BCUT2D eigenvalue weighted by Gasteiger charge is -2.15. The van der Waals surface area contributed by atoms with Crippen LogP contribution in [0.3, 0.4) is 0 Å². The Morgan fingerprint density at radius 2 is 1.88 bits per heavy atom. The Kier molecular flexibility index (Phi) is 4.52. The molecule has 0 saturated heterocycles. The molecule has 0 aliphatic heterocycles. The number of benzene rings is 1. The molecule has 1 rings (SSSR count). The predicted octanol–water partition coefficient (Wildman–Crippen LogP) is 2.73. The fourth-order valence-electron chi connectivity index (χ4n) is 1.47. The first-order valence-corrected chi connectivity index (χ1v) is 7.48. The van der Waals surface area contributed by atoms with Gasteiger partial charge in [0.1, 0.15) is 0 Å². The number of methoxy groups -OCH3 is 2. The first kappa shape index (κ1) is 14.4. The second-order valence-electron chi connectivity index (χ2n) is 3.38. The van der Waals surface area contributed by atoms with Crippen LogP contribution in [-0.4, -0.2) is 22.6 Å². The quantitative estimate of drug-likeness (QED) is 0.802. The third-order valence-electron chi connectivity index (χ3n) is 2.31. The Balaban J connectivity index is 3.49. The zero-order chi connectivity index (χ0) is 13.2. The lowest BCUT2D eigenvalue weighted by Crippen LogP contribution is -2.03. The van der Waals surface area contributed by atoms with Gasteiger partial charge in [0.2, 0.25) is 9.05 Å². The summed E-state index contributed by atoms with van der Waals surface area (Å²) in [4.78, 5) is 0. The van der Waals surface area contributed by atoms with E-state index in [1.807, 2.05) is 0 Å². The topological polar surface area (TPSA) is 52.6 Å². The van der Waals surface area contributed by atoms with Crippen LogP contribution in [-0.2, 0) is 14.8 Å². The maximum atomic E-state index is 11.2. The summed E-state index contributed by atoms with van der Waals surface area (Å²) in [6, 6.07) is 1.57. The van der Waals surface area contributed by atoms with Crippen LogP contribution < -0.4 is 9.47 Å². The Hall–Kier alpha value is -0.650. The van der Waals surface area contributed by atoms with E-state index >= 15 is 0 Å². The highest BCUT2D eigenvalue weighted by molar-refractivity contribution is 8.13. The first-order valence-electron chi connectivity index (χ1n) is 4.62.